The van der Waals surface area contributed by atoms with Crippen molar-refractivity contribution >= 4 is 17.7 Å². The van der Waals surface area contributed by atoms with Gasteiger partial charge in [-0.05, 0) is 44.2 Å². The molecule has 0 spiro atoms. The molecule has 5 nitrogen and oxygen atoms in total. The fraction of sp³-hybridized carbons (Fsp3) is 0.526. The average Bonchev–Trinajstić information content (AvgIpc) is 2.92. The van der Waals surface area contributed by atoms with Gasteiger partial charge in [-0.3, -0.25) is 14.4 Å². The van der Waals surface area contributed by atoms with Gasteiger partial charge in [0.2, 0.25) is 0 Å². The molecule has 0 radical (unpaired) electrons. The second-order valence-corrected chi connectivity index (χ2v) is 6.05. The van der Waals surface area contributed by atoms with Crippen molar-refractivity contribution in [3.8, 4) is 0 Å². The third-order valence-electron chi connectivity index (χ3n) is 4.39. The molecule has 0 amide bonds. The second kappa shape index (κ2) is 8.08. The molecule has 0 heterocycles. The fourth-order valence-electron chi connectivity index (χ4n) is 3.18. The number of carbonyl (C=O) groups excluding carboxylic acids is 3. The monoisotopic (exact) mass is 332 g/mol. The highest BCUT2D eigenvalue weighted by molar-refractivity contribution is 6.05. The van der Waals surface area contributed by atoms with Gasteiger partial charge in [0.25, 0.3) is 0 Å². The van der Waals surface area contributed by atoms with E-state index in [2.05, 4.69) is 0 Å². The molecule has 130 valence electrons. The lowest BCUT2D eigenvalue weighted by atomic mass is 9.79. The Morgan fingerprint density at radius 3 is 2.21 bits per heavy atom. The fourth-order valence-corrected chi connectivity index (χ4v) is 3.18. The van der Waals surface area contributed by atoms with Crippen LogP contribution in [-0.4, -0.2) is 30.9 Å². The van der Waals surface area contributed by atoms with Crippen molar-refractivity contribution in [1.29, 1.82) is 0 Å². The Morgan fingerprint density at radius 1 is 1.04 bits per heavy atom. The van der Waals surface area contributed by atoms with Gasteiger partial charge in [-0.1, -0.05) is 24.3 Å². The third-order valence-corrected chi connectivity index (χ3v) is 4.39. The quantitative estimate of drug-likeness (QED) is 0.567. The Morgan fingerprint density at radius 2 is 1.67 bits per heavy atom. The SMILES string of the molecule is CCOC(=O)Cc1ccc(CC2(C(=O)OCC)CCCC2=O)cc1. The number of Topliss-reactive ketones (excluding diaryl/α,β-unsaturated/α-hetero) is 1. The minimum absolute atomic E-state index is 0.0310. The number of carbonyl (C=O) groups is 3. The molecule has 1 fully saturated rings. The largest absolute Gasteiger partial charge is 0.466 e. The molecule has 0 bridgehead atoms. The van der Waals surface area contributed by atoms with E-state index < -0.39 is 11.4 Å². The normalized spacial score (nSPS) is 20.0. The maximum absolute atomic E-state index is 12.4. The molecular formula is C19H24O5. The molecule has 2 rings (SSSR count). The first-order chi connectivity index (χ1) is 11.5. The summed E-state index contributed by atoms with van der Waals surface area (Å²) in [7, 11) is 0. The van der Waals surface area contributed by atoms with Crippen LogP contribution < -0.4 is 0 Å². The summed E-state index contributed by atoms with van der Waals surface area (Å²) in [5.74, 6) is -0.709. The molecule has 1 aromatic carbocycles. The van der Waals surface area contributed by atoms with Gasteiger partial charge >= 0.3 is 11.9 Å². The molecule has 1 aliphatic rings. The summed E-state index contributed by atoms with van der Waals surface area (Å²) in [4.78, 5) is 36.2. The summed E-state index contributed by atoms with van der Waals surface area (Å²) >= 11 is 0. The number of hydrogen-bond donors (Lipinski definition) is 0. The zero-order valence-corrected chi connectivity index (χ0v) is 14.3. The molecule has 5 heteroatoms. The molecular weight excluding hydrogens is 308 g/mol. The van der Waals surface area contributed by atoms with Crippen LogP contribution in [0, 0.1) is 5.41 Å². The van der Waals surface area contributed by atoms with E-state index in [-0.39, 0.29) is 24.8 Å². The maximum atomic E-state index is 12.4. The number of rotatable bonds is 7. The van der Waals surface area contributed by atoms with E-state index in [4.69, 9.17) is 9.47 Å². The smallest absolute Gasteiger partial charge is 0.319 e. The van der Waals surface area contributed by atoms with E-state index in [0.717, 1.165) is 17.5 Å². The molecule has 1 atom stereocenters. The van der Waals surface area contributed by atoms with E-state index in [1.807, 2.05) is 24.3 Å². The number of esters is 2. The topological polar surface area (TPSA) is 69.7 Å². The summed E-state index contributed by atoms with van der Waals surface area (Å²) in [6.07, 6.45) is 2.26. The van der Waals surface area contributed by atoms with Crippen molar-refractivity contribution in [2.75, 3.05) is 13.2 Å². The maximum Gasteiger partial charge on any atom is 0.319 e. The molecule has 24 heavy (non-hydrogen) atoms. The van der Waals surface area contributed by atoms with Gasteiger partial charge in [0, 0.05) is 6.42 Å². The third kappa shape index (κ3) is 4.02. The van der Waals surface area contributed by atoms with Gasteiger partial charge in [0.1, 0.15) is 5.41 Å². The first-order valence-electron chi connectivity index (χ1n) is 8.45. The highest BCUT2D eigenvalue weighted by Gasteiger charge is 2.49. The lowest BCUT2D eigenvalue weighted by molar-refractivity contribution is -0.158. The van der Waals surface area contributed by atoms with E-state index in [1.165, 1.54) is 0 Å². The minimum Gasteiger partial charge on any atom is -0.466 e. The molecule has 1 aliphatic carbocycles. The molecule has 1 unspecified atom stereocenters. The van der Waals surface area contributed by atoms with Gasteiger partial charge in [0.05, 0.1) is 19.6 Å². The van der Waals surface area contributed by atoms with Crippen LogP contribution in [0.5, 0.6) is 0 Å². The average molecular weight is 332 g/mol. The Balaban J connectivity index is 2.11. The molecule has 1 saturated carbocycles. The standard InChI is InChI=1S/C19H24O5/c1-3-23-17(21)12-14-7-9-15(10-8-14)13-19(18(22)24-4-2)11-5-6-16(19)20/h7-10H,3-6,11-13H2,1-2H3. The van der Waals surface area contributed by atoms with Crippen LogP contribution in [0.15, 0.2) is 24.3 Å². The van der Waals surface area contributed by atoms with Crippen LogP contribution in [0.25, 0.3) is 0 Å². The van der Waals surface area contributed by atoms with Crippen molar-refractivity contribution < 1.29 is 23.9 Å². The summed E-state index contributed by atoms with van der Waals surface area (Å²) in [5.41, 5.74) is 0.699. The molecule has 1 aromatic rings. The molecule has 0 saturated heterocycles. The number of benzene rings is 1. The Hall–Kier alpha value is -2.17. The lowest BCUT2D eigenvalue weighted by Gasteiger charge is -2.25. The van der Waals surface area contributed by atoms with Crippen molar-refractivity contribution in [3.63, 3.8) is 0 Å². The van der Waals surface area contributed by atoms with Gasteiger partial charge < -0.3 is 9.47 Å². The minimum atomic E-state index is -1.04. The van der Waals surface area contributed by atoms with Gasteiger partial charge in [-0.25, -0.2) is 0 Å². The van der Waals surface area contributed by atoms with Crippen LogP contribution in [0.4, 0.5) is 0 Å². The molecule has 0 aliphatic heterocycles. The Bertz CT molecular complexity index is 605. The van der Waals surface area contributed by atoms with Crippen LogP contribution in [-0.2, 0) is 36.7 Å². The Labute approximate surface area is 142 Å². The molecule has 0 N–H and O–H groups in total. The van der Waals surface area contributed by atoms with Crippen LogP contribution in [0.3, 0.4) is 0 Å². The first-order valence-corrected chi connectivity index (χ1v) is 8.45. The highest BCUT2D eigenvalue weighted by atomic mass is 16.5. The summed E-state index contributed by atoms with van der Waals surface area (Å²) < 4.78 is 10.1. The number of ether oxygens (including phenoxy) is 2. The number of ketones is 1. The number of hydrogen-bond acceptors (Lipinski definition) is 5. The second-order valence-electron chi connectivity index (χ2n) is 6.05. The first kappa shape index (κ1) is 18.2. The van der Waals surface area contributed by atoms with Crippen molar-refractivity contribution in [1.82, 2.24) is 0 Å². The zero-order valence-electron chi connectivity index (χ0n) is 14.3. The van der Waals surface area contributed by atoms with E-state index in [1.54, 1.807) is 13.8 Å². The summed E-state index contributed by atoms with van der Waals surface area (Å²) in [6.45, 7) is 4.15. The zero-order chi connectivity index (χ0) is 17.6. The van der Waals surface area contributed by atoms with E-state index in [9.17, 15) is 14.4 Å². The van der Waals surface area contributed by atoms with Crippen molar-refractivity contribution in [2.24, 2.45) is 5.41 Å². The van der Waals surface area contributed by atoms with Crippen LogP contribution >= 0.6 is 0 Å². The van der Waals surface area contributed by atoms with E-state index in [0.29, 0.717) is 25.9 Å². The molecule has 0 aromatic heterocycles. The van der Waals surface area contributed by atoms with Crippen LogP contribution in [0.1, 0.15) is 44.2 Å². The van der Waals surface area contributed by atoms with Crippen molar-refractivity contribution in [2.45, 2.75) is 46.0 Å². The van der Waals surface area contributed by atoms with Gasteiger partial charge in [0.15, 0.2) is 5.78 Å². The van der Waals surface area contributed by atoms with Crippen molar-refractivity contribution in [3.05, 3.63) is 35.4 Å². The Kier molecular flexibility index (Phi) is 6.12. The summed E-state index contributed by atoms with van der Waals surface area (Å²) in [5, 5.41) is 0. The lowest BCUT2D eigenvalue weighted by Crippen LogP contribution is -2.39. The van der Waals surface area contributed by atoms with Gasteiger partial charge in [-0.2, -0.15) is 0 Å². The summed E-state index contributed by atoms with van der Waals surface area (Å²) in [6, 6.07) is 7.40. The van der Waals surface area contributed by atoms with Gasteiger partial charge in [-0.15, -0.1) is 0 Å². The highest BCUT2D eigenvalue weighted by Crippen LogP contribution is 2.39. The predicted octanol–water partition coefficient (Wildman–Crippen LogP) is 2.64. The van der Waals surface area contributed by atoms with E-state index >= 15 is 0 Å². The van der Waals surface area contributed by atoms with Crippen LogP contribution in [0.2, 0.25) is 0 Å². The predicted molar refractivity (Wildman–Crippen MR) is 88.4 cm³/mol.